The summed E-state index contributed by atoms with van der Waals surface area (Å²) in [4.78, 5) is 12.4. The van der Waals surface area contributed by atoms with Crippen molar-refractivity contribution in [2.75, 3.05) is 0 Å². The lowest BCUT2D eigenvalue weighted by molar-refractivity contribution is -0.121. The Morgan fingerprint density at radius 1 is 1.29 bits per heavy atom. The van der Waals surface area contributed by atoms with Gasteiger partial charge in [-0.05, 0) is 38.5 Å². The molecule has 0 unspecified atom stereocenters. The molecule has 2 aromatic carbocycles. The highest BCUT2D eigenvalue weighted by molar-refractivity contribution is 5.79. The predicted molar refractivity (Wildman–Crippen MR) is 91.5 cm³/mol. The summed E-state index contributed by atoms with van der Waals surface area (Å²) in [6.07, 6.45) is 0.706. The lowest BCUT2D eigenvalue weighted by Gasteiger charge is -2.38. The minimum absolute atomic E-state index is 0.0333. The van der Waals surface area contributed by atoms with Gasteiger partial charge in [0, 0.05) is 12.0 Å². The van der Waals surface area contributed by atoms with Gasteiger partial charge in [0.1, 0.15) is 17.2 Å². The summed E-state index contributed by atoms with van der Waals surface area (Å²) >= 11 is 0. The standard InChI is InChI=1S/C20H22FNO2/c1-13-8-9-18-15(10-13)17(12-20(2,3)24-18)22-19(23)11-14-6-4-5-7-16(14)21/h4-10,17H,11-12H2,1-3H3,(H,22,23)/t17-/m1/s1. The molecule has 1 heterocycles. The Balaban J connectivity index is 1.80. The summed E-state index contributed by atoms with van der Waals surface area (Å²) in [6.45, 7) is 6.02. The van der Waals surface area contributed by atoms with Gasteiger partial charge >= 0.3 is 0 Å². The van der Waals surface area contributed by atoms with Crippen LogP contribution >= 0.6 is 0 Å². The summed E-state index contributed by atoms with van der Waals surface area (Å²) in [5.41, 5.74) is 2.14. The molecular weight excluding hydrogens is 305 g/mol. The SMILES string of the molecule is Cc1ccc2c(c1)[C@H](NC(=O)Cc1ccccc1F)CC(C)(C)O2. The van der Waals surface area contributed by atoms with E-state index in [0.29, 0.717) is 12.0 Å². The Morgan fingerprint density at radius 3 is 2.79 bits per heavy atom. The molecule has 3 nitrogen and oxygen atoms in total. The molecule has 24 heavy (non-hydrogen) atoms. The molecule has 3 rings (SSSR count). The summed E-state index contributed by atoms with van der Waals surface area (Å²) in [5, 5.41) is 3.05. The molecule has 1 aliphatic heterocycles. The first-order valence-corrected chi connectivity index (χ1v) is 8.16. The third kappa shape index (κ3) is 3.58. The molecule has 0 saturated heterocycles. The number of carbonyl (C=O) groups excluding carboxylic acids is 1. The molecule has 1 amide bonds. The maximum absolute atomic E-state index is 13.7. The molecule has 0 saturated carbocycles. The summed E-state index contributed by atoms with van der Waals surface area (Å²) in [5.74, 6) is 0.263. The van der Waals surface area contributed by atoms with Crippen molar-refractivity contribution >= 4 is 5.91 Å². The van der Waals surface area contributed by atoms with Gasteiger partial charge in [0.2, 0.25) is 5.91 Å². The number of fused-ring (bicyclic) bond motifs is 1. The van der Waals surface area contributed by atoms with E-state index in [0.717, 1.165) is 16.9 Å². The molecule has 0 aliphatic carbocycles. The number of aryl methyl sites for hydroxylation is 1. The monoisotopic (exact) mass is 327 g/mol. The van der Waals surface area contributed by atoms with Crippen LogP contribution in [0.1, 0.15) is 43.0 Å². The first kappa shape index (κ1) is 16.5. The van der Waals surface area contributed by atoms with Crippen molar-refractivity contribution in [2.24, 2.45) is 0 Å². The smallest absolute Gasteiger partial charge is 0.225 e. The maximum atomic E-state index is 13.7. The number of amides is 1. The fourth-order valence-electron chi connectivity index (χ4n) is 3.16. The third-order valence-electron chi connectivity index (χ3n) is 4.27. The molecule has 126 valence electrons. The van der Waals surface area contributed by atoms with Crippen molar-refractivity contribution in [1.82, 2.24) is 5.32 Å². The number of carbonyl (C=O) groups is 1. The van der Waals surface area contributed by atoms with E-state index in [4.69, 9.17) is 4.74 Å². The van der Waals surface area contributed by atoms with E-state index in [1.165, 1.54) is 6.07 Å². The van der Waals surface area contributed by atoms with Crippen LogP contribution in [0.5, 0.6) is 5.75 Å². The van der Waals surface area contributed by atoms with E-state index in [-0.39, 0.29) is 29.8 Å². The van der Waals surface area contributed by atoms with Crippen molar-refractivity contribution in [2.45, 2.75) is 45.3 Å². The summed E-state index contributed by atoms with van der Waals surface area (Å²) in [7, 11) is 0. The Morgan fingerprint density at radius 2 is 2.04 bits per heavy atom. The zero-order valence-electron chi connectivity index (χ0n) is 14.2. The molecular formula is C20H22FNO2. The molecule has 0 aromatic heterocycles. The van der Waals surface area contributed by atoms with E-state index in [9.17, 15) is 9.18 Å². The van der Waals surface area contributed by atoms with Crippen molar-refractivity contribution in [3.63, 3.8) is 0 Å². The second-order valence-electron chi connectivity index (χ2n) is 7.00. The fraction of sp³-hybridized carbons (Fsp3) is 0.350. The number of halogens is 1. The van der Waals surface area contributed by atoms with Crippen molar-refractivity contribution in [3.05, 3.63) is 65.0 Å². The molecule has 0 spiro atoms. The van der Waals surface area contributed by atoms with E-state index >= 15 is 0 Å². The number of hydrogen-bond donors (Lipinski definition) is 1. The van der Waals surface area contributed by atoms with E-state index in [1.54, 1.807) is 18.2 Å². The van der Waals surface area contributed by atoms with Gasteiger partial charge in [-0.3, -0.25) is 4.79 Å². The van der Waals surface area contributed by atoms with Gasteiger partial charge in [-0.15, -0.1) is 0 Å². The molecule has 0 bridgehead atoms. The highest BCUT2D eigenvalue weighted by atomic mass is 19.1. The second kappa shape index (κ2) is 6.27. The molecule has 1 N–H and O–H groups in total. The van der Waals surface area contributed by atoms with E-state index in [2.05, 4.69) is 5.32 Å². The predicted octanol–water partition coefficient (Wildman–Crippen LogP) is 4.10. The average molecular weight is 327 g/mol. The van der Waals surface area contributed by atoms with Crippen molar-refractivity contribution < 1.29 is 13.9 Å². The third-order valence-corrected chi connectivity index (χ3v) is 4.27. The van der Waals surface area contributed by atoms with Gasteiger partial charge in [-0.2, -0.15) is 0 Å². The number of ether oxygens (including phenoxy) is 1. The van der Waals surface area contributed by atoms with E-state index < -0.39 is 0 Å². The number of benzene rings is 2. The maximum Gasteiger partial charge on any atom is 0.225 e. The van der Waals surface area contributed by atoms with Crippen LogP contribution in [0.15, 0.2) is 42.5 Å². The molecule has 0 fully saturated rings. The molecule has 4 heteroatoms. The van der Waals surface area contributed by atoms with Crippen LogP contribution in [0.25, 0.3) is 0 Å². The Bertz CT molecular complexity index is 770. The molecule has 0 radical (unpaired) electrons. The van der Waals surface area contributed by atoms with Crippen molar-refractivity contribution in [3.8, 4) is 5.75 Å². The Kier molecular flexibility index (Phi) is 4.31. The lowest BCUT2D eigenvalue weighted by atomic mass is 9.89. The van der Waals surface area contributed by atoms with Gasteiger partial charge in [-0.1, -0.05) is 35.9 Å². The van der Waals surface area contributed by atoms with Gasteiger partial charge in [0.15, 0.2) is 0 Å². The quantitative estimate of drug-likeness (QED) is 0.922. The highest BCUT2D eigenvalue weighted by Crippen LogP contribution is 2.39. The Labute approximate surface area is 141 Å². The summed E-state index contributed by atoms with van der Waals surface area (Å²) < 4.78 is 19.8. The van der Waals surface area contributed by atoms with Gasteiger partial charge in [0.25, 0.3) is 0 Å². The minimum atomic E-state index is -0.363. The highest BCUT2D eigenvalue weighted by Gasteiger charge is 2.34. The number of rotatable bonds is 3. The molecule has 2 aromatic rings. The largest absolute Gasteiger partial charge is 0.487 e. The normalized spacial score (nSPS) is 18.4. The van der Waals surface area contributed by atoms with Gasteiger partial charge < -0.3 is 10.1 Å². The van der Waals surface area contributed by atoms with Crippen LogP contribution < -0.4 is 10.1 Å². The molecule has 1 atom stereocenters. The Hall–Kier alpha value is -2.36. The van der Waals surface area contributed by atoms with Crippen molar-refractivity contribution in [1.29, 1.82) is 0 Å². The average Bonchev–Trinajstić information content (AvgIpc) is 2.49. The summed E-state index contributed by atoms with van der Waals surface area (Å²) in [6, 6.07) is 12.2. The van der Waals surface area contributed by atoms with Crippen LogP contribution in [0.4, 0.5) is 4.39 Å². The van der Waals surface area contributed by atoms with Crippen LogP contribution in [0.2, 0.25) is 0 Å². The first-order chi connectivity index (χ1) is 11.3. The zero-order chi connectivity index (χ0) is 17.3. The van der Waals surface area contributed by atoms with Crippen LogP contribution in [0, 0.1) is 12.7 Å². The van der Waals surface area contributed by atoms with Crippen LogP contribution in [-0.2, 0) is 11.2 Å². The number of nitrogens with one attached hydrogen (secondary N) is 1. The first-order valence-electron chi connectivity index (χ1n) is 8.16. The topological polar surface area (TPSA) is 38.3 Å². The second-order valence-corrected chi connectivity index (χ2v) is 7.00. The molecule has 1 aliphatic rings. The van der Waals surface area contributed by atoms with Crippen LogP contribution in [-0.4, -0.2) is 11.5 Å². The van der Waals surface area contributed by atoms with Crippen LogP contribution in [0.3, 0.4) is 0 Å². The van der Waals surface area contributed by atoms with Gasteiger partial charge in [-0.25, -0.2) is 4.39 Å². The van der Waals surface area contributed by atoms with Gasteiger partial charge in [0.05, 0.1) is 12.5 Å². The lowest BCUT2D eigenvalue weighted by Crippen LogP contribution is -2.41. The number of hydrogen-bond acceptors (Lipinski definition) is 2. The fourth-order valence-corrected chi connectivity index (χ4v) is 3.16. The minimum Gasteiger partial charge on any atom is -0.487 e. The zero-order valence-corrected chi connectivity index (χ0v) is 14.2. The van der Waals surface area contributed by atoms with E-state index in [1.807, 2.05) is 39.0 Å².